The van der Waals surface area contributed by atoms with Gasteiger partial charge in [-0.1, -0.05) is 192 Å². The van der Waals surface area contributed by atoms with Gasteiger partial charge in [-0.25, -0.2) is 4.98 Å². The molecule has 4 aliphatic heterocycles. The summed E-state index contributed by atoms with van der Waals surface area (Å²) in [7, 11) is 4.17. The fourth-order valence-corrected chi connectivity index (χ4v) is 13.2. The quantitative estimate of drug-likeness (QED) is 0.133. The number of carbonyl (C=O) groups excluding carboxylic acids is 2. The van der Waals surface area contributed by atoms with Gasteiger partial charge in [-0.3, -0.25) is 34.5 Å². The van der Waals surface area contributed by atoms with Gasteiger partial charge in [0.2, 0.25) is 0 Å². The second-order valence-corrected chi connectivity index (χ2v) is 30.4. The lowest BCUT2D eigenvalue weighted by atomic mass is 10.0. The van der Waals surface area contributed by atoms with Crippen molar-refractivity contribution >= 4 is 75.1 Å². The van der Waals surface area contributed by atoms with E-state index in [1.165, 1.54) is 89.6 Å². The van der Waals surface area contributed by atoms with Crippen molar-refractivity contribution in [3.05, 3.63) is 228 Å². The highest BCUT2D eigenvalue weighted by Gasteiger charge is 2.25. The second kappa shape index (κ2) is 34.0. The first kappa shape index (κ1) is 75.4. The Morgan fingerprint density at radius 1 is 0.420 bits per heavy atom. The Kier molecular flexibility index (Phi) is 25.7. The number of Topliss-reactive ketones (excluding diaryl/α,β-unsaturated/α-hetero) is 1. The van der Waals surface area contributed by atoms with E-state index >= 15 is 0 Å². The molecule has 7 heterocycles. The van der Waals surface area contributed by atoms with E-state index in [1.807, 2.05) is 78.0 Å². The number of rotatable bonds is 9. The SMILES string of the molecule is CC(=O)c1ccc2c(c1)CC(C(C)C)=N2.CC(C)C1=Nc2ccc(C(=O)N3CCN(C)CC3)cc2C1.CC(C)C1=Nc2cccnc2C1.CC(C)c1nc2ccccc2n1C.Cc1ccc2c(c1)CC(C(C)C)=C2.Cc1ccc2c(c1)CC(C(C)C)=C2.Cc1cnc2c(c1)C=C(C(C)C)C2. The molecule has 100 heavy (non-hydrogen) atoms. The van der Waals surface area contributed by atoms with Crippen LogP contribution in [-0.4, -0.2) is 91.4 Å². The third-order valence-electron chi connectivity index (χ3n) is 19.8. The van der Waals surface area contributed by atoms with E-state index in [-0.39, 0.29) is 11.7 Å². The van der Waals surface area contributed by atoms with Gasteiger partial charge < -0.3 is 14.4 Å². The minimum Gasteiger partial charge on any atom is -0.336 e. The molecule has 524 valence electrons. The zero-order valence-corrected chi connectivity index (χ0v) is 63.8. The van der Waals surface area contributed by atoms with Crippen LogP contribution in [0.2, 0.25) is 0 Å². The lowest BCUT2D eigenvalue weighted by molar-refractivity contribution is 0.0664. The number of para-hydroxylation sites is 2. The molecule has 1 fully saturated rings. The third-order valence-corrected chi connectivity index (χ3v) is 19.8. The van der Waals surface area contributed by atoms with Gasteiger partial charge >= 0.3 is 0 Å². The minimum absolute atomic E-state index is 0.121. The van der Waals surface area contributed by atoms with E-state index in [1.54, 1.807) is 18.1 Å². The maximum absolute atomic E-state index is 12.6. The summed E-state index contributed by atoms with van der Waals surface area (Å²) >= 11 is 0. The summed E-state index contributed by atoms with van der Waals surface area (Å²) in [5.74, 6) is 5.43. The smallest absolute Gasteiger partial charge is 0.253 e. The van der Waals surface area contributed by atoms with Crippen molar-refractivity contribution in [3.63, 3.8) is 0 Å². The number of nitrogens with zero attached hydrogens (tertiary/aromatic N) is 9. The van der Waals surface area contributed by atoms with Crippen molar-refractivity contribution < 1.29 is 9.59 Å². The number of benzene rings is 5. The van der Waals surface area contributed by atoms with Crippen molar-refractivity contribution in [2.45, 2.75) is 169 Å². The van der Waals surface area contributed by atoms with Crippen molar-refractivity contribution in [2.24, 2.45) is 57.5 Å². The molecule has 0 atom stereocenters. The van der Waals surface area contributed by atoms with E-state index < -0.39 is 0 Å². The van der Waals surface area contributed by atoms with E-state index in [0.717, 1.165) is 110 Å². The van der Waals surface area contributed by atoms with E-state index in [2.05, 4.69) is 244 Å². The number of aromatic nitrogens is 4. The molecule has 1 amide bonds. The zero-order valence-electron chi connectivity index (χ0n) is 63.8. The van der Waals surface area contributed by atoms with Gasteiger partial charge in [-0.05, 0) is 194 Å². The molecule has 11 heteroatoms. The molecule has 3 aromatic heterocycles. The first-order chi connectivity index (χ1) is 47.6. The number of pyridine rings is 2. The molecule has 0 spiro atoms. The summed E-state index contributed by atoms with van der Waals surface area (Å²) in [5, 5.41) is 0. The largest absolute Gasteiger partial charge is 0.336 e. The maximum Gasteiger partial charge on any atom is 0.253 e. The van der Waals surface area contributed by atoms with E-state index in [9.17, 15) is 9.59 Å². The fourth-order valence-electron chi connectivity index (χ4n) is 13.2. The average molecular weight is 1340 g/mol. The summed E-state index contributed by atoms with van der Waals surface area (Å²) in [6.07, 6.45) is 16.9. The van der Waals surface area contributed by atoms with Crippen molar-refractivity contribution in [3.8, 4) is 0 Å². The summed E-state index contributed by atoms with van der Waals surface area (Å²) in [5.41, 5.74) is 31.3. The van der Waals surface area contributed by atoms with Gasteiger partial charge in [0.25, 0.3) is 5.91 Å². The predicted octanol–water partition coefficient (Wildman–Crippen LogP) is 20.8. The normalized spacial score (nSPS) is 15.0. The fraction of sp³-hybridized carbons (Fsp3) is 0.416. The Hall–Kier alpha value is -8.80. The summed E-state index contributed by atoms with van der Waals surface area (Å²) < 4.78 is 2.17. The number of carbonyl (C=O) groups is 2. The molecule has 11 nitrogen and oxygen atoms in total. The van der Waals surface area contributed by atoms with E-state index in [4.69, 9.17) is 0 Å². The van der Waals surface area contributed by atoms with Crippen molar-refractivity contribution in [1.29, 1.82) is 0 Å². The van der Waals surface area contributed by atoms with Crippen LogP contribution in [-0.2, 0) is 45.6 Å². The van der Waals surface area contributed by atoms with Crippen LogP contribution in [0.3, 0.4) is 0 Å². The Morgan fingerprint density at radius 3 is 1.43 bits per heavy atom. The van der Waals surface area contributed by atoms with Crippen LogP contribution in [0.4, 0.5) is 17.1 Å². The zero-order chi connectivity index (χ0) is 72.2. The molecule has 15 rings (SSSR count). The number of aliphatic imine (C=N–C) groups is 3. The van der Waals surface area contributed by atoms with Gasteiger partial charge in [0.05, 0.1) is 39.5 Å². The number of aryl methyl sites for hydroxylation is 4. The van der Waals surface area contributed by atoms with Gasteiger partial charge in [-0.15, -0.1) is 0 Å². The van der Waals surface area contributed by atoms with E-state index in [0.29, 0.717) is 41.4 Å². The molecule has 3 aliphatic carbocycles. The van der Waals surface area contributed by atoms with Crippen LogP contribution >= 0.6 is 0 Å². The monoisotopic (exact) mass is 1340 g/mol. The molecule has 0 saturated carbocycles. The van der Waals surface area contributed by atoms with Crippen LogP contribution < -0.4 is 0 Å². The minimum atomic E-state index is 0.121. The number of imidazole rings is 1. The highest BCUT2D eigenvalue weighted by atomic mass is 16.2. The number of allylic oxidation sites excluding steroid dienone is 3. The topological polar surface area (TPSA) is 121 Å². The Balaban J connectivity index is 0.000000137. The second-order valence-electron chi connectivity index (χ2n) is 30.4. The highest BCUT2D eigenvalue weighted by molar-refractivity contribution is 6.00. The number of hydrogen-bond donors (Lipinski definition) is 0. The van der Waals surface area contributed by atoms with Gasteiger partial charge in [-0.2, -0.15) is 0 Å². The third kappa shape index (κ3) is 19.6. The molecular formula is C89H111N9O2. The predicted molar refractivity (Wildman–Crippen MR) is 423 cm³/mol. The highest BCUT2D eigenvalue weighted by Crippen LogP contribution is 2.35. The van der Waals surface area contributed by atoms with Crippen LogP contribution in [0.1, 0.15) is 203 Å². The standard InChI is InChI=1S/C17H23N3O.C13H15NO.2C13H16.C12H15N.C11H14N2.C10H12N2/c1-12(2)16-11-14-10-13(4-5-15(14)18-16)17(21)20-8-6-19(3)7-9-20;1-8(2)13-7-11-6-10(9(3)15)4-5-12(11)14-13;2*1-9(2)12-7-11-5-4-10(3)6-13(11)8-12;1-8(2)10-5-11-4-9(3)7-13-12(11)6-10;1-8(2)11-12-9-6-4-5-7-10(9)13(11)3;1-7(2)9-6-10-8(12-9)4-3-5-11-10/h4-5,10,12H,6-9,11H2,1-3H3;4-6,8H,7H2,1-3H3;2*4-7,9H,8H2,1-3H3;4-5,7-8H,6H2,1-3H3;4-8H,1-3H3;3-5,7H,6H2,1-2H3. The van der Waals surface area contributed by atoms with Gasteiger partial charge in [0.15, 0.2) is 5.78 Å². The number of amides is 1. The lowest BCUT2D eigenvalue weighted by Crippen LogP contribution is -2.47. The molecule has 0 radical (unpaired) electrons. The van der Waals surface area contributed by atoms with Crippen LogP contribution in [0, 0.1) is 56.3 Å². The van der Waals surface area contributed by atoms with Crippen LogP contribution in [0.25, 0.3) is 29.3 Å². The Bertz CT molecular complexity index is 4360. The number of ketones is 1. The van der Waals surface area contributed by atoms with Gasteiger partial charge in [0, 0.05) is 105 Å². The van der Waals surface area contributed by atoms with Crippen molar-refractivity contribution in [1.82, 2.24) is 29.3 Å². The Morgan fingerprint density at radius 2 is 0.920 bits per heavy atom. The molecule has 5 aromatic carbocycles. The number of piperazine rings is 1. The van der Waals surface area contributed by atoms with Gasteiger partial charge in [0.1, 0.15) is 5.82 Å². The first-order valence-electron chi connectivity index (χ1n) is 36.7. The molecule has 8 aromatic rings. The Labute approximate surface area is 599 Å². The number of hydrogen-bond acceptors (Lipinski definition) is 9. The lowest BCUT2D eigenvalue weighted by Gasteiger charge is -2.32. The van der Waals surface area contributed by atoms with Crippen molar-refractivity contribution in [2.75, 3.05) is 33.2 Å². The maximum atomic E-state index is 12.6. The van der Waals surface area contributed by atoms with Crippen LogP contribution in [0.15, 0.2) is 159 Å². The molecule has 0 N–H and O–H groups in total. The molecule has 0 unspecified atom stereocenters. The molecular weight excluding hydrogens is 1230 g/mol. The summed E-state index contributed by atoms with van der Waals surface area (Å²) in [6.45, 7) is 42.4. The average Bonchev–Trinajstić information content (AvgIpc) is 1.64. The number of fused-ring (bicyclic) bond motifs is 7. The van der Waals surface area contributed by atoms with Crippen LogP contribution in [0.5, 0.6) is 0 Å². The number of likely N-dealkylation sites (N-methyl/N-ethyl adjacent to an activating group) is 1. The summed E-state index contributed by atoms with van der Waals surface area (Å²) in [4.78, 5) is 55.0. The first-order valence-corrected chi connectivity index (χ1v) is 36.7. The summed E-state index contributed by atoms with van der Waals surface area (Å²) in [6, 6.07) is 39.6. The molecule has 1 saturated heterocycles. The molecule has 0 bridgehead atoms. The molecule has 7 aliphatic rings.